The summed E-state index contributed by atoms with van der Waals surface area (Å²) in [5.74, 6) is 0.193. The molecule has 0 bridgehead atoms. The number of para-hydroxylation sites is 1. The highest BCUT2D eigenvalue weighted by molar-refractivity contribution is 7.99. The van der Waals surface area contributed by atoms with E-state index in [1.54, 1.807) is 4.57 Å². The maximum absolute atomic E-state index is 13.6. The van der Waals surface area contributed by atoms with Crippen molar-refractivity contribution in [1.29, 1.82) is 5.26 Å². The van der Waals surface area contributed by atoms with Gasteiger partial charge in [-0.15, -0.1) is 0 Å². The van der Waals surface area contributed by atoms with Crippen LogP contribution in [0.5, 0.6) is 0 Å². The van der Waals surface area contributed by atoms with E-state index in [0.717, 1.165) is 28.1 Å². The van der Waals surface area contributed by atoms with Crippen LogP contribution in [0.15, 0.2) is 52.4 Å². The van der Waals surface area contributed by atoms with Crippen LogP contribution in [0.25, 0.3) is 21.7 Å². The van der Waals surface area contributed by atoms with Gasteiger partial charge in [0.15, 0.2) is 14.8 Å². The summed E-state index contributed by atoms with van der Waals surface area (Å²) in [4.78, 5) is 18.4. The minimum Gasteiger partial charge on any atom is -0.275 e. The van der Waals surface area contributed by atoms with Crippen LogP contribution in [0.2, 0.25) is 0 Å². The van der Waals surface area contributed by atoms with E-state index in [9.17, 15) is 4.79 Å². The number of hydrogen-bond acceptors (Lipinski definition) is 6. The van der Waals surface area contributed by atoms with Crippen LogP contribution in [0.3, 0.4) is 0 Å². The lowest BCUT2D eigenvalue weighted by Crippen LogP contribution is -2.22. The number of aryl methyl sites for hydroxylation is 3. The molecule has 2 aromatic heterocycles. The first-order valence-corrected chi connectivity index (χ1v) is 11.5. The Morgan fingerprint density at radius 1 is 1.10 bits per heavy atom. The Morgan fingerprint density at radius 3 is 2.53 bits per heavy atom. The molecule has 0 N–H and O–H groups in total. The number of benzene rings is 2. The number of aromatic nitrogens is 3. The first-order valence-electron chi connectivity index (χ1n) is 9.24. The fraction of sp³-hybridized carbons (Fsp3) is 0.182. The Bertz CT molecular complexity index is 1440. The third-order valence-electron chi connectivity index (χ3n) is 4.79. The minimum absolute atomic E-state index is 0.172. The Morgan fingerprint density at radius 2 is 1.83 bits per heavy atom. The molecule has 0 unspecified atom stereocenters. The van der Waals surface area contributed by atoms with Gasteiger partial charge in [-0.3, -0.25) is 13.9 Å². The molecule has 0 aliphatic rings. The predicted octanol–water partition coefficient (Wildman–Crippen LogP) is 5.51. The standard InChI is InChI=1S/C22H18N4OS3/c1-13-8-9-17(15(3)12-13)25-19-18(30-22(25)28)20(27)26(21(24-19)29-11-10-23)16-7-5-4-6-14(16)2/h4-9,12H,11H2,1-3H3. The van der Waals surface area contributed by atoms with E-state index >= 15 is 0 Å². The molecule has 0 aliphatic carbocycles. The summed E-state index contributed by atoms with van der Waals surface area (Å²) in [6.07, 6.45) is 0. The molecule has 4 rings (SSSR count). The van der Waals surface area contributed by atoms with Crippen LogP contribution >= 0.6 is 35.3 Å². The highest BCUT2D eigenvalue weighted by atomic mass is 32.2. The van der Waals surface area contributed by atoms with Gasteiger partial charge in [0.05, 0.1) is 23.2 Å². The van der Waals surface area contributed by atoms with Gasteiger partial charge in [0.1, 0.15) is 4.70 Å². The van der Waals surface area contributed by atoms with E-state index in [1.807, 2.05) is 61.7 Å². The van der Waals surface area contributed by atoms with E-state index < -0.39 is 0 Å². The van der Waals surface area contributed by atoms with Gasteiger partial charge < -0.3 is 0 Å². The van der Waals surface area contributed by atoms with Crippen molar-refractivity contribution in [2.45, 2.75) is 25.9 Å². The van der Waals surface area contributed by atoms with Crippen molar-refractivity contribution in [2.75, 3.05) is 5.75 Å². The Balaban J connectivity index is 2.09. The molecule has 4 aromatic rings. The molecule has 0 radical (unpaired) electrons. The van der Waals surface area contributed by atoms with Crippen molar-refractivity contribution in [2.24, 2.45) is 0 Å². The lowest BCUT2D eigenvalue weighted by atomic mass is 10.1. The van der Waals surface area contributed by atoms with Crippen molar-refractivity contribution in [3.05, 3.63) is 73.5 Å². The zero-order valence-electron chi connectivity index (χ0n) is 16.7. The second-order valence-electron chi connectivity index (χ2n) is 6.91. The first kappa shape index (κ1) is 20.5. The van der Waals surface area contributed by atoms with E-state index in [0.29, 0.717) is 19.5 Å². The van der Waals surface area contributed by atoms with Gasteiger partial charge in [0, 0.05) is 0 Å². The minimum atomic E-state index is -0.172. The van der Waals surface area contributed by atoms with E-state index in [-0.39, 0.29) is 11.3 Å². The summed E-state index contributed by atoms with van der Waals surface area (Å²) in [6.45, 7) is 6.01. The summed E-state index contributed by atoms with van der Waals surface area (Å²) >= 11 is 8.15. The Labute approximate surface area is 187 Å². The summed E-state index contributed by atoms with van der Waals surface area (Å²) in [5.41, 5.74) is 5.20. The average molecular weight is 451 g/mol. The van der Waals surface area contributed by atoms with Crippen molar-refractivity contribution in [3.8, 4) is 17.4 Å². The molecule has 0 fully saturated rings. The summed E-state index contributed by atoms with van der Waals surface area (Å²) in [6, 6.07) is 15.9. The maximum Gasteiger partial charge on any atom is 0.278 e. The topological polar surface area (TPSA) is 63.6 Å². The number of hydrogen-bond donors (Lipinski definition) is 0. The van der Waals surface area contributed by atoms with Crippen molar-refractivity contribution < 1.29 is 0 Å². The molecule has 0 atom stereocenters. The second kappa shape index (κ2) is 8.19. The number of thioether (sulfide) groups is 1. The van der Waals surface area contributed by atoms with E-state index in [4.69, 9.17) is 22.5 Å². The molecule has 8 heteroatoms. The van der Waals surface area contributed by atoms with Crippen LogP contribution in [0.1, 0.15) is 16.7 Å². The third-order valence-corrected chi connectivity index (χ3v) is 6.95. The predicted molar refractivity (Wildman–Crippen MR) is 126 cm³/mol. The molecule has 0 saturated heterocycles. The number of fused-ring (bicyclic) bond motifs is 1. The largest absolute Gasteiger partial charge is 0.278 e. The molecular weight excluding hydrogens is 432 g/mol. The van der Waals surface area contributed by atoms with Gasteiger partial charge in [-0.05, 0) is 56.2 Å². The van der Waals surface area contributed by atoms with Crippen LogP contribution in [0, 0.1) is 36.1 Å². The monoisotopic (exact) mass is 450 g/mol. The molecule has 0 aliphatic heterocycles. The Hall–Kier alpha value is -2.73. The second-order valence-corrected chi connectivity index (χ2v) is 9.50. The summed E-state index contributed by atoms with van der Waals surface area (Å²) < 4.78 is 4.53. The smallest absolute Gasteiger partial charge is 0.275 e. The molecule has 2 heterocycles. The van der Waals surface area contributed by atoms with Crippen LogP contribution in [-0.2, 0) is 0 Å². The lowest BCUT2D eigenvalue weighted by Gasteiger charge is -2.14. The normalized spacial score (nSPS) is 11.0. The SMILES string of the molecule is Cc1ccc(-n2c(=S)sc3c(=O)n(-c4ccccc4C)c(SCC#N)nc32)c(C)c1. The molecule has 30 heavy (non-hydrogen) atoms. The van der Waals surface area contributed by atoms with Crippen molar-refractivity contribution in [1.82, 2.24) is 14.1 Å². The summed E-state index contributed by atoms with van der Waals surface area (Å²) in [5, 5.41) is 9.60. The van der Waals surface area contributed by atoms with E-state index in [2.05, 4.69) is 12.1 Å². The zero-order valence-corrected chi connectivity index (χ0v) is 19.1. The number of nitrogens with zero attached hydrogens (tertiary/aromatic N) is 4. The maximum atomic E-state index is 13.6. The quantitative estimate of drug-likeness (QED) is 0.233. The molecule has 0 spiro atoms. The highest BCUT2D eigenvalue weighted by Crippen LogP contribution is 2.29. The Kier molecular flexibility index (Phi) is 5.60. The number of thiazole rings is 1. The fourth-order valence-electron chi connectivity index (χ4n) is 3.42. The van der Waals surface area contributed by atoms with Crippen LogP contribution in [-0.4, -0.2) is 19.9 Å². The molecule has 0 saturated carbocycles. The molecule has 150 valence electrons. The van der Waals surface area contributed by atoms with Crippen molar-refractivity contribution >= 4 is 45.7 Å². The molecule has 0 amide bonds. The van der Waals surface area contributed by atoms with Crippen molar-refractivity contribution in [3.63, 3.8) is 0 Å². The van der Waals surface area contributed by atoms with Gasteiger partial charge in [0.2, 0.25) is 0 Å². The van der Waals surface area contributed by atoms with Gasteiger partial charge in [-0.2, -0.15) is 5.26 Å². The highest BCUT2D eigenvalue weighted by Gasteiger charge is 2.20. The average Bonchev–Trinajstić information content (AvgIpc) is 3.04. The van der Waals surface area contributed by atoms with Gasteiger partial charge in [0.25, 0.3) is 5.56 Å². The van der Waals surface area contributed by atoms with Crippen LogP contribution < -0.4 is 5.56 Å². The summed E-state index contributed by atoms with van der Waals surface area (Å²) in [7, 11) is 0. The van der Waals surface area contributed by atoms with E-state index in [1.165, 1.54) is 23.1 Å². The number of rotatable bonds is 4. The molecule has 5 nitrogen and oxygen atoms in total. The lowest BCUT2D eigenvalue weighted by molar-refractivity contribution is 0.807. The van der Waals surface area contributed by atoms with Gasteiger partial charge in [-0.25, -0.2) is 4.98 Å². The molecule has 2 aromatic carbocycles. The van der Waals surface area contributed by atoms with Crippen LogP contribution in [0.4, 0.5) is 0 Å². The number of nitriles is 1. The fourth-order valence-corrected chi connectivity index (χ4v) is 5.37. The molecular formula is C22H18N4OS3. The zero-order chi connectivity index (χ0) is 21.4. The third kappa shape index (κ3) is 3.49. The first-order chi connectivity index (χ1) is 14.4. The van der Waals surface area contributed by atoms with Gasteiger partial charge in [-0.1, -0.05) is 59.0 Å². The van der Waals surface area contributed by atoms with Gasteiger partial charge >= 0.3 is 0 Å².